The molecule has 1 aromatic heterocycles. The molecule has 0 bridgehead atoms. The molecule has 0 saturated heterocycles. The van der Waals surface area contributed by atoms with Gasteiger partial charge in [-0.2, -0.15) is 0 Å². The molecule has 1 aromatic carbocycles. The number of amides is 1. The molecule has 0 spiro atoms. The zero-order chi connectivity index (χ0) is 22.4. The summed E-state index contributed by atoms with van der Waals surface area (Å²) in [6, 6.07) is 2.82. The van der Waals surface area contributed by atoms with Crippen LogP contribution in [0.5, 0.6) is 0 Å². The third-order valence-electron chi connectivity index (χ3n) is 4.40. The molecule has 0 aliphatic heterocycles. The average molecular weight is 441 g/mol. The number of ether oxygens (including phenoxy) is 1. The SMILES string of the molecule is Cc1nc(Cl)c([N+](=O)[O-])c(N(C(=O)OC(C)(C)C)[C@@H]2C[C@H]2c2ccc(F)c(F)c2)n1. The van der Waals surface area contributed by atoms with Crippen molar-refractivity contribution in [2.45, 2.75) is 51.7 Å². The molecular weight excluding hydrogens is 422 g/mol. The third-order valence-corrected chi connectivity index (χ3v) is 4.66. The monoisotopic (exact) mass is 440 g/mol. The van der Waals surface area contributed by atoms with Crippen LogP contribution in [0, 0.1) is 28.7 Å². The quantitative estimate of drug-likeness (QED) is 0.380. The second kappa shape index (κ2) is 7.75. The van der Waals surface area contributed by atoms with E-state index in [4.69, 9.17) is 16.3 Å². The summed E-state index contributed by atoms with van der Waals surface area (Å²) in [4.78, 5) is 32.7. The fourth-order valence-corrected chi connectivity index (χ4v) is 3.38. The smallest absolute Gasteiger partial charge is 0.416 e. The van der Waals surface area contributed by atoms with Gasteiger partial charge in [0.25, 0.3) is 0 Å². The van der Waals surface area contributed by atoms with Crippen molar-refractivity contribution in [2.75, 3.05) is 4.90 Å². The first-order valence-electron chi connectivity index (χ1n) is 9.04. The minimum atomic E-state index is -1.02. The molecule has 1 amide bonds. The number of halogens is 3. The molecular formula is C19H19ClF2N4O4. The van der Waals surface area contributed by atoms with Crippen LogP contribution in [-0.2, 0) is 4.74 Å². The van der Waals surface area contributed by atoms with Crippen molar-refractivity contribution in [3.05, 3.63) is 56.5 Å². The Kier molecular flexibility index (Phi) is 5.64. The lowest BCUT2D eigenvalue weighted by molar-refractivity contribution is -0.384. The average Bonchev–Trinajstić information content (AvgIpc) is 3.35. The molecule has 3 rings (SSSR count). The van der Waals surface area contributed by atoms with E-state index in [9.17, 15) is 23.7 Å². The topological polar surface area (TPSA) is 98.5 Å². The standard InChI is InChI=1S/C19H19ClF2N4O4/c1-9-23-16(20)15(26(28)29)17(24-9)25(18(27)30-19(2,3)4)14-8-11(14)10-5-6-12(21)13(22)7-10/h5-7,11,14H,8H2,1-4H3/t11-,14+/m0/s1. The molecule has 30 heavy (non-hydrogen) atoms. The maximum Gasteiger partial charge on any atom is 0.416 e. The van der Waals surface area contributed by atoms with Crippen LogP contribution in [-0.4, -0.2) is 32.6 Å². The fourth-order valence-electron chi connectivity index (χ4n) is 3.10. The van der Waals surface area contributed by atoms with Crippen molar-refractivity contribution in [3.8, 4) is 0 Å². The van der Waals surface area contributed by atoms with Gasteiger partial charge >= 0.3 is 11.8 Å². The summed E-state index contributed by atoms with van der Waals surface area (Å²) in [5, 5.41) is 11.2. The van der Waals surface area contributed by atoms with Crippen molar-refractivity contribution in [1.82, 2.24) is 9.97 Å². The van der Waals surface area contributed by atoms with Gasteiger partial charge in [0.1, 0.15) is 11.4 Å². The van der Waals surface area contributed by atoms with Crippen LogP contribution in [0.15, 0.2) is 18.2 Å². The van der Waals surface area contributed by atoms with E-state index in [1.165, 1.54) is 13.0 Å². The minimum Gasteiger partial charge on any atom is -0.443 e. The van der Waals surface area contributed by atoms with E-state index >= 15 is 0 Å². The Morgan fingerprint density at radius 1 is 1.30 bits per heavy atom. The van der Waals surface area contributed by atoms with E-state index in [-0.39, 0.29) is 17.6 Å². The number of nitrogens with zero attached hydrogens (tertiary/aromatic N) is 4. The van der Waals surface area contributed by atoms with Crippen LogP contribution >= 0.6 is 11.6 Å². The van der Waals surface area contributed by atoms with Crippen LogP contribution in [0.25, 0.3) is 0 Å². The third kappa shape index (κ3) is 4.48. The Morgan fingerprint density at radius 2 is 1.97 bits per heavy atom. The molecule has 1 aliphatic carbocycles. The van der Waals surface area contributed by atoms with Crippen molar-refractivity contribution >= 4 is 29.2 Å². The number of aromatic nitrogens is 2. The Balaban J connectivity index is 2.06. The summed E-state index contributed by atoms with van der Waals surface area (Å²) >= 11 is 5.97. The minimum absolute atomic E-state index is 0.124. The summed E-state index contributed by atoms with van der Waals surface area (Å²) in [6.45, 7) is 6.42. The van der Waals surface area contributed by atoms with Crippen LogP contribution in [0.1, 0.15) is 44.5 Å². The van der Waals surface area contributed by atoms with Gasteiger partial charge in [-0.1, -0.05) is 17.7 Å². The lowest BCUT2D eigenvalue weighted by Gasteiger charge is -2.27. The van der Waals surface area contributed by atoms with Crippen LogP contribution in [0.3, 0.4) is 0 Å². The molecule has 1 heterocycles. The molecule has 8 nitrogen and oxygen atoms in total. The Morgan fingerprint density at radius 3 is 2.53 bits per heavy atom. The predicted octanol–water partition coefficient (Wildman–Crippen LogP) is 4.92. The number of carbonyl (C=O) groups is 1. The van der Waals surface area contributed by atoms with Crippen molar-refractivity contribution in [2.24, 2.45) is 0 Å². The van der Waals surface area contributed by atoms with E-state index in [1.807, 2.05) is 0 Å². The lowest BCUT2D eigenvalue weighted by atomic mass is 10.1. The van der Waals surface area contributed by atoms with Gasteiger partial charge in [-0.05, 0) is 51.8 Å². The second-order valence-electron chi connectivity index (χ2n) is 7.92. The number of hydrogen-bond donors (Lipinski definition) is 0. The summed E-state index contributed by atoms with van der Waals surface area (Å²) in [5.74, 6) is -2.58. The summed E-state index contributed by atoms with van der Waals surface area (Å²) in [6.07, 6.45) is -0.517. The zero-order valence-electron chi connectivity index (χ0n) is 16.6. The van der Waals surface area contributed by atoms with E-state index in [1.54, 1.807) is 20.8 Å². The molecule has 2 atom stereocenters. The number of carbonyl (C=O) groups excluding carboxylic acids is 1. The van der Waals surface area contributed by atoms with Gasteiger partial charge in [0.2, 0.25) is 11.0 Å². The fraction of sp³-hybridized carbons (Fsp3) is 0.421. The van der Waals surface area contributed by atoms with Gasteiger partial charge in [-0.15, -0.1) is 0 Å². The predicted molar refractivity (Wildman–Crippen MR) is 105 cm³/mol. The van der Waals surface area contributed by atoms with Gasteiger partial charge in [-0.25, -0.2) is 23.5 Å². The number of rotatable bonds is 4. The van der Waals surface area contributed by atoms with Crippen LogP contribution < -0.4 is 4.90 Å². The Labute approximate surface area is 176 Å². The highest BCUT2D eigenvalue weighted by Gasteiger charge is 2.50. The highest BCUT2D eigenvalue weighted by Crippen LogP contribution is 2.48. The summed E-state index contributed by atoms with van der Waals surface area (Å²) in [7, 11) is 0. The Bertz CT molecular complexity index is 1030. The summed E-state index contributed by atoms with van der Waals surface area (Å²) in [5.41, 5.74) is -1.07. The highest BCUT2D eigenvalue weighted by atomic mass is 35.5. The molecule has 0 unspecified atom stereocenters. The molecule has 2 aromatic rings. The van der Waals surface area contributed by atoms with Gasteiger partial charge in [-0.3, -0.25) is 15.0 Å². The van der Waals surface area contributed by atoms with E-state index < -0.39 is 45.1 Å². The number of benzene rings is 1. The zero-order valence-corrected chi connectivity index (χ0v) is 17.4. The van der Waals surface area contributed by atoms with E-state index in [0.29, 0.717) is 12.0 Å². The molecule has 1 aliphatic rings. The first-order chi connectivity index (χ1) is 13.9. The molecule has 160 valence electrons. The van der Waals surface area contributed by atoms with Gasteiger partial charge in [0, 0.05) is 12.0 Å². The molecule has 0 radical (unpaired) electrons. The normalized spacial score (nSPS) is 18.1. The number of anilines is 1. The van der Waals surface area contributed by atoms with Crippen LogP contribution in [0.4, 0.5) is 25.1 Å². The molecule has 1 saturated carbocycles. The first-order valence-corrected chi connectivity index (χ1v) is 9.42. The maximum atomic E-state index is 13.7. The van der Waals surface area contributed by atoms with E-state index in [2.05, 4.69) is 9.97 Å². The van der Waals surface area contributed by atoms with Gasteiger partial charge < -0.3 is 4.74 Å². The van der Waals surface area contributed by atoms with E-state index in [0.717, 1.165) is 17.0 Å². The highest BCUT2D eigenvalue weighted by molar-refractivity contribution is 6.32. The maximum absolute atomic E-state index is 13.7. The first kappa shape index (κ1) is 21.8. The van der Waals surface area contributed by atoms with Gasteiger partial charge in [0.05, 0.1) is 4.92 Å². The largest absolute Gasteiger partial charge is 0.443 e. The molecule has 11 heteroatoms. The molecule has 1 fully saturated rings. The lowest BCUT2D eigenvalue weighted by Crippen LogP contribution is -2.40. The summed E-state index contributed by atoms with van der Waals surface area (Å²) < 4.78 is 32.4. The van der Waals surface area contributed by atoms with Crippen molar-refractivity contribution in [1.29, 1.82) is 0 Å². The number of hydrogen-bond acceptors (Lipinski definition) is 6. The van der Waals surface area contributed by atoms with Crippen molar-refractivity contribution < 1.29 is 23.2 Å². The Hall–Kier alpha value is -2.88. The number of aryl methyl sites for hydroxylation is 1. The van der Waals surface area contributed by atoms with Crippen LogP contribution in [0.2, 0.25) is 5.15 Å². The second-order valence-corrected chi connectivity index (χ2v) is 8.28. The molecule has 0 N–H and O–H groups in total. The van der Waals surface area contributed by atoms with Gasteiger partial charge in [0.15, 0.2) is 11.6 Å². The number of nitro groups is 1. The van der Waals surface area contributed by atoms with Crippen molar-refractivity contribution in [3.63, 3.8) is 0 Å².